The van der Waals surface area contributed by atoms with Crippen LogP contribution in [0.1, 0.15) is 17.2 Å². The molecule has 0 aliphatic heterocycles. The average Bonchev–Trinajstić information content (AvgIpc) is 2.51. The number of pyridine rings is 1. The van der Waals surface area contributed by atoms with Crippen molar-refractivity contribution < 1.29 is 0 Å². The number of nitrogens with one attached hydrogen (secondary N) is 1. The summed E-state index contributed by atoms with van der Waals surface area (Å²) in [6.45, 7) is 0. The number of para-hydroxylation sites is 1. The molecule has 1 aromatic heterocycles. The molecule has 0 aliphatic rings. The molecule has 5 heteroatoms. The van der Waals surface area contributed by atoms with Gasteiger partial charge in [-0.2, -0.15) is 0 Å². The van der Waals surface area contributed by atoms with Crippen LogP contribution in [0.2, 0.25) is 10.0 Å². The van der Waals surface area contributed by atoms with Crippen molar-refractivity contribution in [1.29, 1.82) is 0 Å². The fourth-order valence-electron chi connectivity index (χ4n) is 2.48. The lowest BCUT2D eigenvalue weighted by molar-refractivity contribution is 0.640. The van der Waals surface area contributed by atoms with Gasteiger partial charge >= 0.3 is 0 Å². The third-order valence-electron chi connectivity index (χ3n) is 3.43. The maximum absolute atomic E-state index is 6.30. The molecule has 2 aromatic carbocycles. The molecule has 21 heavy (non-hydrogen) atoms. The van der Waals surface area contributed by atoms with E-state index in [-0.39, 0.29) is 6.04 Å². The fraction of sp³-hybridized carbons (Fsp3) is 0.0625. The van der Waals surface area contributed by atoms with Crippen LogP contribution in [0, 0.1) is 0 Å². The van der Waals surface area contributed by atoms with Crippen molar-refractivity contribution >= 4 is 34.1 Å². The van der Waals surface area contributed by atoms with Crippen LogP contribution in [-0.4, -0.2) is 4.98 Å². The minimum Gasteiger partial charge on any atom is -0.271 e. The van der Waals surface area contributed by atoms with Gasteiger partial charge in [-0.15, -0.1) is 0 Å². The number of hydrazine groups is 1. The third kappa shape index (κ3) is 2.61. The Morgan fingerprint density at radius 2 is 1.62 bits per heavy atom. The van der Waals surface area contributed by atoms with E-state index in [2.05, 4.69) is 10.4 Å². The summed E-state index contributed by atoms with van der Waals surface area (Å²) in [7, 11) is 0. The zero-order valence-electron chi connectivity index (χ0n) is 11.1. The first-order valence-corrected chi connectivity index (χ1v) is 7.21. The standard InChI is InChI=1S/C16H13Cl2N3/c17-12-7-2-8-13(18)14(12)16(21-19)11-6-1-4-10-5-3-9-20-15(10)11/h1-9,16,21H,19H2. The Bertz CT molecular complexity index is 764. The van der Waals surface area contributed by atoms with Crippen LogP contribution in [0.3, 0.4) is 0 Å². The normalized spacial score (nSPS) is 12.5. The summed E-state index contributed by atoms with van der Waals surface area (Å²) in [6.07, 6.45) is 1.76. The van der Waals surface area contributed by atoms with Crippen LogP contribution in [0.5, 0.6) is 0 Å². The predicted molar refractivity (Wildman–Crippen MR) is 87.4 cm³/mol. The second kappa shape index (κ2) is 6.00. The molecule has 1 unspecified atom stereocenters. The molecule has 3 N–H and O–H groups in total. The first-order valence-electron chi connectivity index (χ1n) is 6.46. The number of nitrogens with two attached hydrogens (primary N) is 1. The van der Waals surface area contributed by atoms with E-state index in [4.69, 9.17) is 29.0 Å². The quantitative estimate of drug-likeness (QED) is 0.565. The van der Waals surface area contributed by atoms with Gasteiger partial charge < -0.3 is 0 Å². The summed E-state index contributed by atoms with van der Waals surface area (Å²) >= 11 is 12.6. The molecule has 3 aromatic rings. The Balaban J connectivity index is 2.24. The van der Waals surface area contributed by atoms with Gasteiger partial charge in [0.25, 0.3) is 0 Å². The second-order valence-corrected chi connectivity index (χ2v) is 5.47. The molecular weight excluding hydrogens is 305 g/mol. The lowest BCUT2D eigenvalue weighted by Crippen LogP contribution is -2.29. The number of hydrogen-bond acceptors (Lipinski definition) is 3. The first kappa shape index (κ1) is 14.3. The minimum absolute atomic E-state index is 0.329. The van der Waals surface area contributed by atoms with Crippen molar-refractivity contribution in [3.63, 3.8) is 0 Å². The van der Waals surface area contributed by atoms with Gasteiger partial charge in [0.1, 0.15) is 0 Å². The van der Waals surface area contributed by atoms with Crippen LogP contribution >= 0.6 is 23.2 Å². The molecule has 0 aliphatic carbocycles. The molecular formula is C16H13Cl2N3. The largest absolute Gasteiger partial charge is 0.271 e. The van der Waals surface area contributed by atoms with Crippen molar-refractivity contribution in [3.8, 4) is 0 Å². The summed E-state index contributed by atoms with van der Waals surface area (Å²) < 4.78 is 0. The molecule has 0 saturated carbocycles. The number of nitrogens with zero attached hydrogens (tertiary/aromatic N) is 1. The first-order chi connectivity index (χ1) is 10.2. The van der Waals surface area contributed by atoms with Gasteiger partial charge in [0, 0.05) is 32.8 Å². The van der Waals surface area contributed by atoms with E-state index >= 15 is 0 Å². The van der Waals surface area contributed by atoms with Crippen LogP contribution in [0.4, 0.5) is 0 Å². The van der Waals surface area contributed by atoms with Crippen LogP contribution in [0.25, 0.3) is 10.9 Å². The number of aromatic nitrogens is 1. The zero-order chi connectivity index (χ0) is 14.8. The van der Waals surface area contributed by atoms with Crippen molar-refractivity contribution in [2.24, 2.45) is 5.84 Å². The van der Waals surface area contributed by atoms with Crippen molar-refractivity contribution in [1.82, 2.24) is 10.4 Å². The summed E-state index contributed by atoms with van der Waals surface area (Å²) in [6, 6.07) is 14.9. The van der Waals surface area contributed by atoms with Gasteiger partial charge in [-0.05, 0) is 18.2 Å². The van der Waals surface area contributed by atoms with Crippen LogP contribution in [-0.2, 0) is 0 Å². The third-order valence-corrected chi connectivity index (χ3v) is 4.09. The highest BCUT2D eigenvalue weighted by molar-refractivity contribution is 6.36. The molecule has 1 atom stereocenters. The smallest absolute Gasteiger partial charge is 0.0760 e. The highest BCUT2D eigenvalue weighted by Crippen LogP contribution is 2.35. The van der Waals surface area contributed by atoms with Crippen LogP contribution < -0.4 is 11.3 Å². The number of fused-ring (bicyclic) bond motifs is 1. The Morgan fingerprint density at radius 3 is 2.33 bits per heavy atom. The Kier molecular flexibility index (Phi) is 4.08. The van der Waals surface area contributed by atoms with E-state index in [9.17, 15) is 0 Å². The monoisotopic (exact) mass is 317 g/mol. The zero-order valence-corrected chi connectivity index (χ0v) is 12.6. The second-order valence-electron chi connectivity index (χ2n) is 4.66. The SMILES string of the molecule is NNC(c1c(Cl)cccc1Cl)c1cccc2cccnc12. The number of halogens is 2. The maximum atomic E-state index is 6.30. The molecule has 1 heterocycles. The van der Waals surface area contributed by atoms with E-state index < -0.39 is 0 Å². The fourth-order valence-corrected chi connectivity index (χ4v) is 3.09. The van der Waals surface area contributed by atoms with Gasteiger partial charge in [0.15, 0.2) is 0 Å². The molecule has 0 amide bonds. The molecule has 0 spiro atoms. The Labute approximate surface area is 132 Å². The van der Waals surface area contributed by atoms with E-state index in [1.165, 1.54) is 0 Å². The molecule has 0 fully saturated rings. The maximum Gasteiger partial charge on any atom is 0.0760 e. The highest BCUT2D eigenvalue weighted by Gasteiger charge is 2.21. The van der Waals surface area contributed by atoms with Gasteiger partial charge in [-0.3, -0.25) is 10.8 Å². The van der Waals surface area contributed by atoms with Gasteiger partial charge in [0.05, 0.1) is 11.6 Å². The summed E-state index contributed by atoms with van der Waals surface area (Å²) in [5.41, 5.74) is 5.36. The molecule has 106 valence electrons. The van der Waals surface area contributed by atoms with E-state index in [0.717, 1.165) is 22.0 Å². The molecule has 3 nitrogen and oxygen atoms in total. The van der Waals surface area contributed by atoms with E-state index in [1.807, 2.05) is 36.4 Å². The molecule has 0 radical (unpaired) electrons. The van der Waals surface area contributed by atoms with E-state index in [0.29, 0.717) is 10.0 Å². The summed E-state index contributed by atoms with van der Waals surface area (Å²) in [5, 5.41) is 2.18. The lowest BCUT2D eigenvalue weighted by Gasteiger charge is -2.20. The van der Waals surface area contributed by atoms with Gasteiger partial charge in [-0.1, -0.05) is 53.5 Å². The summed E-state index contributed by atoms with van der Waals surface area (Å²) in [4.78, 5) is 4.45. The molecule has 0 bridgehead atoms. The van der Waals surface area contributed by atoms with Crippen LogP contribution in [0.15, 0.2) is 54.7 Å². The summed E-state index contributed by atoms with van der Waals surface area (Å²) in [5.74, 6) is 5.77. The van der Waals surface area contributed by atoms with Crippen molar-refractivity contribution in [3.05, 3.63) is 75.9 Å². The molecule has 0 saturated heterocycles. The average molecular weight is 318 g/mol. The van der Waals surface area contributed by atoms with Gasteiger partial charge in [0.2, 0.25) is 0 Å². The Hall–Kier alpha value is -1.65. The minimum atomic E-state index is -0.329. The number of hydrogen-bond donors (Lipinski definition) is 2. The van der Waals surface area contributed by atoms with E-state index in [1.54, 1.807) is 18.3 Å². The number of benzene rings is 2. The van der Waals surface area contributed by atoms with Crippen molar-refractivity contribution in [2.75, 3.05) is 0 Å². The van der Waals surface area contributed by atoms with Gasteiger partial charge in [-0.25, -0.2) is 5.43 Å². The van der Waals surface area contributed by atoms with Crippen molar-refractivity contribution in [2.45, 2.75) is 6.04 Å². The Morgan fingerprint density at radius 1 is 0.952 bits per heavy atom. The predicted octanol–water partition coefficient (Wildman–Crippen LogP) is 4.09. The number of rotatable bonds is 3. The topological polar surface area (TPSA) is 50.9 Å². The lowest BCUT2D eigenvalue weighted by atomic mass is 9.96. The molecule has 3 rings (SSSR count). The highest BCUT2D eigenvalue weighted by atomic mass is 35.5.